The van der Waals surface area contributed by atoms with Gasteiger partial charge in [-0.05, 0) is 23.8 Å². The van der Waals surface area contributed by atoms with Gasteiger partial charge in [0.15, 0.2) is 5.76 Å². The lowest BCUT2D eigenvalue weighted by atomic mass is 10.1. The van der Waals surface area contributed by atoms with Crippen molar-refractivity contribution in [1.29, 1.82) is 0 Å². The number of hydrogen-bond acceptors (Lipinski definition) is 5. The molecule has 1 amide bonds. The van der Waals surface area contributed by atoms with Gasteiger partial charge in [0.05, 0.1) is 31.6 Å². The summed E-state index contributed by atoms with van der Waals surface area (Å²) in [6, 6.07) is 8.71. The molecule has 7 nitrogen and oxygen atoms in total. The number of alkyl halides is 3. The van der Waals surface area contributed by atoms with E-state index < -0.39 is 11.7 Å². The average Bonchev–Trinajstić information content (AvgIpc) is 3.49. The van der Waals surface area contributed by atoms with Crippen LogP contribution >= 0.6 is 0 Å². The zero-order valence-electron chi connectivity index (χ0n) is 18.0. The summed E-state index contributed by atoms with van der Waals surface area (Å²) in [4.78, 5) is 21.2. The third-order valence-electron chi connectivity index (χ3n) is 5.61. The Balaban J connectivity index is 1.52. The number of hydrogen-bond donors (Lipinski definition) is 0. The molecular formula is C23H25F3N4O3. The quantitative estimate of drug-likeness (QED) is 0.513. The molecule has 1 aromatic carbocycles. The predicted octanol–water partition coefficient (Wildman–Crippen LogP) is 3.52. The van der Waals surface area contributed by atoms with E-state index in [9.17, 15) is 18.0 Å². The van der Waals surface area contributed by atoms with Crippen LogP contribution in [0.25, 0.3) is 0 Å². The van der Waals surface area contributed by atoms with Crippen LogP contribution in [-0.4, -0.2) is 64.7 Å². The highest BCUT2D eigenvalue weighted by atomic mass is 19.4. The highest BCUT2D eigenvalue weighted by Crippen LogP contribution is 2.32. The largest absolute Gasteiger partial charge is 0.459 e. The second-order valence-electron chi connectivity index (χ2n) is 7.78. The summed E-state index contributed by atoms with van der Waals surface area (Å²) in [5.41, 5.74) is -0.540. The summed E-state index contributed by atoms with van der Waals surface area (Å²) in [5, 5.41) is 0. The first-order chi connectivity index (χ1) is 15.9. The summed E-state index contributed by atoms with van der Waals surface area (Å²) in [7, 11) is 0. The van der Waals surface area contributed by atoms with E-state index in [-0.39, 0.29) is 30.3 Å². The zero-order valence-corrected chi connectivity index (χ0v) is 18.0. The van der Waals surface area contributed by atoms with Gasteiger partial charge >= 0.3 is 6.18 Å². The van der Waals surface area contributed by atoms with Crippen LogP contribution in [-0.2, 0) is 24.0 Å². The maximum absolute atomic E-state index is 13.4. The first kappa shape index (κ1) is 23.1. The summed E-state index contributed by atoms with van der Waals surface area (Å²) in [6.45, 7) is 4.07. The number of imidazole rings is 1. The number of nitrogens with zero attached hydrogens (tertiary/aromatic N) is 4. The monoisotopic (exact) mass is 462 g/mol. The number of carbonyl (C=O) groups is 1. The first-order valence-electron chi connectivity index (χ1n) is 10.7. The van der Waals surface area contributed by atoms with Gasteiger partial charge < -0.3 is 18.6 Å². The fourth-order valence-electron chi connectivity index (χ4n) is 3.82. The highest BCUT2D eigenvalue weighted by Gasteiger charge is 2.33. The van der Waals surface area contributed by atoms with Gasteiger partial charge in [0.25, 0.3) is 5.91 Å². The molecular weight excluding hydrogens is 437 g/mol. The fraction of sp³-hybridized carbons (Fsp3) is 0.391. The van der Waals surface area contributed by atoms with Crippen LogP contribution in [0.3, 0.4) is 0 Å². The van der Waals surface area contributed by atoms with Crippen LogP contribution in [0.1, 0.15) is 27.5 Å². The van der Waals surface area contributed by atoms with Gasteiger partial charge in [0, 0.05) is 45.1 Å². The Hall–Kier alpha value is -3.11. The van der Waals surface area contributed by atoms with Crippen molar-refractivity contribution < 1.29 is 27.1 Å². The van der Waals surface area contributed by atoms with Gasteiger partial charge in [-0.25, -0.2) is 4.98 Å². The maximum atomic E-state index is 13.4. The number of rotatable bonds is 8. The molecule has 0 N–H and O–H groups in total. The van der Waals surface area contributed by atoms with Crippen molar-refractivity contribution in [3.63, 3.8) is 0 Å². The SMILES string of the molecule is O=C(c1ccco1)N(CCN1CCOCC1)Cc1nccn1Cc1ccccc1C(F)(F)F. The standard InChI is InChI=1S/C23H25F3N4O3/c24-23(25,26)19-5-2-1-4-18(19)16-29-8-7-27-21(29)17-30(22(31)20-6-3-13-33-20)10-9-28-11-14-32-15-12-28/h1-8,13H,9-12,14-17H2. The minimum Gasteiger partial charge on any atom is -0.459 e. The molecule has 0 aliphatic carbocycles. The van der Waals surface area contributed by atoms with Crippen molar-refractivity contribution >= 4 is 5.91 Å². The zero-order chi connectivity index (χ0) is 23.3. The minimum absolute atomic E-state index is 0.00272. The van der Waals surface area contributed by atoms with Gasteiger partial charge in [-0.3, -0.25) is 9.69 Å². The second kappa shape index (κ2) is 10.2. The number of ether oxygens (including phenoxy) is 1. The van der Waals surface area contributed by atoms with Crippen molar-refractivity contribution in [2.75, 3.05) is 39.4 Å². The summed E-state index contributed by atoms with van der Waals surface area (Å²) in [5.74, 6) is 0.407. The number of amides is 1. The van der Waals surface area contributed by atoms with Crippen LogP contribution in [0.5, 0.6) is 0 Å². The summed E-state index contributed by atoms with van der Waals surface area (Å²) in [6.07, 6.45) is 0.141. The Labute approximate surface area is 189 Å². The van der Waals surface area contributed by atoms with Crippen molar-refractivity contribution in [1.82, 2.24) is 19.4 Å². The Morgan fingerprint density at radius 1 is 1.12 bits per heavy atom. The van der Waals surface area contributed by atoms with Crippen molar-refractivity contribution in [2.45, 2.75) is 19.3 Å². The molecule has 176 valence electrons. The van der Waals surface area contributed by atoms with Crippen LogP contribution < -0.4 is 0 Å². The number of carbonyl (C=O) groups excluding carboxylic acids is 1. The minimum atomic E-state index is -4.45. The number of morpholine rings is 1. The summed E-state index contributed by atoms with van der Waals surface area (Å²) < 4.78 is 52.6. The topological polar surface area (TPSA) is 63.7 Å². The van der Waals surface area contributed by atoms with E-state index in [1.165, 1.54) is 24.6 Å². The Morgan fingerprint density at radius 2 is 1.91 bits per heavy atom. The lowest BCUT2D eigenvalue weighted by Gasteiger charge is -2.29. The van der Waals surface area contributed by atoms with Crippen LogP contribution in [0, 0.1) is 0 Å². The van der Waals surface area contributed by atoms with Gasteiger partial charge in [-0.1, -0.05) is 18.2 Å². The molecule has 1 fully saturated rings. The molecule has 0 unspecified atom stereocenters. The van der Waals surface area contributed by atoms with Crippen molar-refractivity contribution in [3.05, 3.63) is 77.8 Å². The molecule has 4 rings (SSSR count). The molecule has 2 aromatic heterocycles. The van der Waals surface area contributed by atoms with E-state index >= 15 is 0 Å². The van der Waals surface area contributed by atoms with Gasteiger partial charge in [-0.2, -0.15) is 13.2 Å². The third kappa shape index (κ3) is 5.82. The molecule has 1 saturated heterocycles. The molecule has 1 aliphatic heterocycles. The number of aromatic nitrogens is 2. The van der Waals surface area contributed by atoms with Crippen LogP contribution in [0.2, 0.25) is 0 Å². The van der Waals surface area contributed by atoms with Gasteiger partial charge in [-0.15, -0.1) is 0 Å². The number of benzene rings is 1. The molecule has 3 heterocycles. The molecule has 1 aliphatic rings. The molecule has 0 spiro atoms. The lowest BCUT2D eigenvalue weighted by Crippen LogP contribution is -2.43. The van der Waals surface area contributed by atoms with E-state index in [1.807, 2.05) is 0 Å². The van der Waals surface area contributed by atoms with Crippen LogP contribution in [0.15, 0.2) is 59.5 Å². The molecule has 33 heavy (non-hydrogen) atoms. The fourth-order valence-corrected chi connectivity index (χ4v) is 3.82. The smallest absolute Gasteiger partial charge is 0.416 e. The lowest BCUT2D eigenvalue weighted by molar-refractivity contribution is -0.138. The van der Waals surface area contributed by atoms with E-state index in [0.717, 1.165) is 19.2 Å². The molecule has 0 bridgehead atoms. The Bertz CT molecular complexity index is 1040. The first-order valence-corrected chi connectivity index (χ1v) is 10.7. The molecule has 10 heteroatoms. The van der Waals surface area contributed by atoms with E-state index in [1.54, 1.807) is 33.9 Å². The van der Waals surface area contributed by atoms with Crippen LogP contribution in [0.4, 0.5) is 13.2 Å². The summed E-state index contributed by atoms with van der Waals surface area (Å²) >= 11 is 0. The van der Waals surface area contributed by atoms with E-state index in [2.05, 4.69) is 9.88 Å². The van der Waals surface area contributed by atoms with Crippen molar-refractivity contribution in [3.8, 4) is 0 Å². The van der Waals surface area contributed by atoms with E-state index in [4.69, 9.17) is 9.15 Å². The highest BCUT2D eigenvalue weighted by molar-refractivity contribution is 5.91. The molecule has 0 atom stereocenters. The predicted molar refractivity (Wildman–Crippen MR) is 113 cm³/mol. The molecule has 0 saturated carbocycles. The third-order valence-corrected chi connectivity index (χ3v) is 5.61. The van der Waals surface area contributed by atoms with E-state index in [0.29, 0.717) is 32.1 Å². The maximum Gasteiger partial charge on any atom is 0.416 e. The van der Waals surface area contributed by atoms with Gasteiger partial charge in [0.2, 0.25) is 0 Å². The normalized spacial score (nSPS) is 15.0. The Kier molecular flexibility index (Phi) is 7.14. The Morgan fingerprint density at radius 3 is 2.64 bits per heavy atom. The molecule has 0 radical (unpaired) electrons. The number of halogens is 3. The second-order valence-corrected chi connectivity index (χ2v) is 7.78. The average molecular weight is 462 g/mol. The number of furan rings is 1. The molecule has 3 aromatic rings. The van der Waals surface area contributed by atoms with Crippen molar-refractivity contribution in [2.24, 2.45) is 0 Å². The van der Waals surface area contributed by atoms with Gasteiger partial charge in [0.1, 0.15) is 5.82 Å².